The maximum Gasteiger partial charge on any atom is 0.416 e. The maximum atomic E-state index is 12.4. The first-order valence-corrected chi connectivity index (χ1v) is 6.47. The quantitative estimate of drug-likeness (QED) is 0.853. The summed E-state index contributed by atoms with van der Waals surface area (Å²) in [5.74, 6) is 0.502. The number of halogens is 3. The second kappa shape index (κ2) is 5.95. The van der Waals surface area contributed by atoms with E-state index in [0.717, 1.165) is 24.2 Å². The molecule has 4 heteroatoms. The molecule has 0 saturated carbocycles. The van der Waals surface area contributed by atoms with Gasteiger partial charge in [-0.15, -0.1) is 0 Å². The van der Waals surface area contributed by atoms with Crippen molar-refractivity contribution < 1.29 is 13.2 Å². The fraction of sp³-hybridized carbons (Fsp3) is 0.600. The van der Waals surface area contributed by atoms with Gasteiger partial charge in [0, 0.05) is 6.54 Å². The van der Waals surface area contributed by atoms with Crippen molar-refractivity contribution in [1.29, 1.82) is 0 Å². The van der Waals surface area contributed by atoms with Crippen molar-refractivity contribution in [2.75, 3.05) is 6.54 Å². The number of hydrogen-bond donors (Lipinski definition) is 1. The van der Waals surface area contributed by atoms with Gasteiger partial charge in [-0.1, -0.05) is 39.8 Å². The molecule has 1 unspecified atom stereocenters. The Kier molecular flexibility index (Phi) is 5.02. The molecule has 19 heavy (non-hydrogen) atoms. The fourth-order valence-electron chi connectivity index (χ4n) is 1.55. The normalized spacial score (nSPS) is 14.5. The van der Waals surface area contributed by atoms with Crippen LogP contribution in [0, 0.1) is 11.3 Å². The standard InChI is InChI=1S/C15H22F3N/c1-11(14(2,3)4)9-19-10-12-5-7-13(8-6-12)15(16,17)18/h5-8,11,19H,9-10H2,1-4H3. The summed E-state index contributed by atoms with van der Waals surface area (Å²) in [5.41, 5.74) is 0.501. The Morgan fingerprint density at radius 3 is 2.00 bits per heavy atom. The van der Waals surface area contributed by atoms with Crippen LogP contribution in [-0.4, -0.2) is 6.54 Å². The van der Waals surface area contributed by atoms with E-state index in [1.54, 1.807) is 0 Å². The summed E-state index contributed by atoms with van der Waals surface area (Å²) in [6.07, 6.45) is -4.26. The van der Waals surface area contributed by atoms with Gasteiger partial charge in [0.1, 0.15) is 0 Å². The Morgan fingerprint density at radius 1 is 1.05 bits per heavy atom. The summed E-state index contributed by atoms with van der Waals surface area (Å²) in [6.45, 7) is 10.1. The summed E-state index contributed by atoms with van der Waals surface area (Å²) in [7, 11) is 0. The molecule has 0 aliphatic heterocycles. The summed E-state index contributed by atoms with van der Waals surface area (Å²) in [6, 6.07) is 5.31. The van der Waals surface area contributed by atoms with Gasteiger partial charge in [-0.2, -0.15) is 13.2 Å². The average Bonchev–Trinajstić information content (AvgIpc) is 2.27. The van der Waals surface area contributed by atoms with Gasteiger partial charge in [0.2, 0.25) is 0 Å². The van der Waals surface area contributed by atoms with Gasteiger partial charge in [0.15, 0.2) is 0 Å². The SMILES string of the molecule is CC(CNCc1ccc(C(F)(F)F)cc1)C(C)(C)C. The zero-order chi connectivity index (χ0) is 14.7. The number of nitrogens with one attached hydrogen (secondary N) is 1. The van der Waals surface area contributed by atoms with E-state index in [9.17, 15) is 13.2 Å². The second-order valence-electron chi connectivity index (χ2n) is 6.09. The molecule has 1 aromatic carbocycles. The molecule has 0 aromatic heterocycles. The molecule has 0 amide bonds. The van der Waals surface area contributed by atoms with Crippen LogP contribution in [0.2, 0.25) is 0 Å². The van der Waals surface area contributed by atoms with E-state index < -0.39 is 11.7 Å². The van der Waals surface area contributed by atoms with Crippen LogP contribution in [0.3, 0.4) is 0 Å². The molecule has 0 saturated heterocycles. The molecule has 0 heterocycles. The van der Waals surface area contributed by atoms with E-state index in [2.05, 4.69) is 33.0 Å². The lowest BCUT2D eigenvalue weighted by Gasteiger charge is -2.27. The highest BCUT2D eigenvalue weighted by Crippen LogP contribution is 2.29. The molecular formula is C15H22F3N. The Balaban J connectivity index is 2.47. The van der Waals surface area contributed by atoms with Crippen molar-refractivity contribution in [2.45, 2.75) is 40.4 Å². The molecule has 0 spiro atoms. The van der Waals surface area contributed by atoms with Crippen LogP contribution in [0.25, 0.3) is 0 Å². The number of benzene rings is 1. The molecule has 0 bridgehead atoms. The summed E-state index contributed by atoms with van der Waals surface area (Å²) in [5, 5.41) is 3.28. The van der Waals surface area contributed by atoms with Crippen molar-refractivity contribution in [3.63, 3.8) is 0 Å². The van der Waals surface area contributed by atoms with Gasteiger partial charge in [-0.05, 0) is 35.6 Å². The van der Waals surface area contributed by atoms with E-state index in [1.165, 1.54) is 12.1 Å². The zero-order valence-electron chi connectivity index (χ0n) is 11.9. The molecular weight excluding hydrogens is 251 g/mol. The largest absolute Gasteiger partial charge is 0.416 e. The van der Waals surface area contributed by atoms with Crippen molar-refractivity contribution in [3.05, 3.63) is 35.4 Å². The lowest BCUT2D eigenvalue weighted by Crippen LogP contribution is -2.29. The predicted molar refractivity (Wildman–Crippen MR) is 71.8 cm³/mol. The third-order valence-corrected chi connectivity index (χ3v) is 3.54. The second-order valence-corrected chi connectivity index (χ2v) is 6.09. The third-order valence-electron chi connectivity index (χ3n) is 3.54. The highest BCUT2D eigenvalue weighted by molar-refractivity contribution is 5.24. The number of alkyl halides is 3. The van der Waals surface area contributed by atoms with Crippen LogP contribution >= 0.6 is 0 Å². The number of hydrogen-bond acceptors (Lipinski definition) is 1. The fourth-order valence-corrected chi connectivity index (χ4v) is 1.55. The predicted octanol–water partition coefficient (Wildman–Crippen LogP) is 4.48. The summed E-state index contributed by atoms with van der Waals surface area (Å²) < 4.78 is 37.2. The Bertz CT molecular complexity index is 387. The average molecular weight is 273 g/mol. The van der Waals surface area contributed by atoms with Crippen LogP contribution in [0.1, 0.15) is 38.8 Å². The Labute approximate surface area is 113 Å². The molecule has 1 nitrogen and oxygen atoms in total. The van der Waals surface area contributed by atoms with Crippen molar-refractivity contribution >= 4 is 0 Å². The first-order chi connectivity index (χ1) is 8.60. The molecule has 108 valence electrons. The molecule has 0 aliphatic rings. The first kappa shape index (κ1) is 16.0. The third kappa shape index (κ3) is 5.23. The number of rotatable bonds is 4. The highest BCUT2D eigenvalue weighted by atomic mass is 19.4. The molecule has 0 aliphatic carbocycles. The lowest BCUT2D eigenvalue weighted by molar-refractivity contribution is -0.137. The van der Waals surface area contributed by atoms with Crippen molar-refractivity contribution in [2.24, 2.45) is 11.3 Å². The van der Waals surface area contributed by atoms with Gasteiger partial charge in [0.05, 0.1) is 5.56 Å². The van der Waals surface area contributed by atoms with E-state index in [-0.39, 0.29) is 5.41 Å². The van der Waals surface area contributed by atoms with Gasteiger partial charge in [-0.3, -0.25) is 0 Å². The lowest BCUT2D eigenvalue weighted by atomic mass is 9.82. The topological polar surface area (TPSA) is 12.0 Å². The summed E-state index contributed by atoms with van der Waals surface area (Å²) in [4.78, 5) is 0. The molecule has 1 atom stereocenters. The first-order valence-electron chi connectivity index (χ1n) is 6.47. The Hall–Kier alpha value is -1.03. The van der Waals surface area contributed by atoms with Gasteiger partial charge < -0.3 is 5.32 Å². The summed E-state index contributed by atoms with van der Waals surface area (Å²) >= 11 is 0. The van der Waals surface area contributed by atoms with Crippen LogP contribution < -0.4 is 5.32 Å². The molecule has 0 fully saturated rings. The van der Waals surface area contributed by atoms with Crippen LogP contribution in [0.5, 0.6) is 0 Å². The maximum absolute atomic E-state index is 12.4. The van der Waals surface area contributed by atoms with E-state index in [1.807, 2.05) is 0 Å². The van der Waals surface area contributed by atoms with Crippen molar-refractivity contribution in [1.82, 2.24) is 5.32 Å². The molecule has 1 rings (SSSR count). The monoisotopic (exact) mass is 273 g/mol. The minimum Gasteiger partial charge on any atom is -0.312 e. The molecule has 0 radical (unpaired) electrons. The van der Waals surface area contributed by atoms with E-state index in [4.69, 9.17) is 0 Å². The van der Waals surface area contributed by atoms with Gasteiger partial charge >= 0.3 is 6.18 Å². The van der Waals surface area contributed by atoms with E-state index >= 15 is 0 Å². The zero-order valence-corrected chi connectivity index (χ0v) is 11.9. The van der Waals surface area contributed by atoms with E-state index in [0.29, 0.717) is 12.5 Å². The van der Waals surface area contributed by atoms with Gasteiger partial charge in [0.25, 0.3) is 0 Å². The molecule has 1 aromatic rings. The minimum absolute atomic E-state index is 0.229. The van der Waals surface area contributed by atoms with Crippen LogP contribution in [0.4, 0.5) is 13.2 Å². The van der Waals surface area contributed by atoms with Crippen LogP contribution in [-0.2, 0) is 12.7 Å². The van der Waals surface area contributed by atoms with Crippen LogP contribution in [0.15, 0.2) is 24.3 Å². The molecule has 1 N–H and O–H groups in total. The van der Waals surface area contributed by atoms with Crippen molar-refractivity contribution in [3.8, 4) is 0 Å². The Morgan fingerprint density at radius 2 is 1.58 bits per heavy atom. The highest BCUT2D eigenvalue weighted by Gasteiger charge is 2.29. The smallest absolute Gasteiger partial charge is 0.312 e. The minimum atomic E-state index is -4.26. The van der Waals surface area contributed by atoms with Gasteiger partial charge in [-0.25, -0.2) is 0 Å².